The van der Waals surface area contributed by atoms with Crippen molar-refractivity contribution < 1.29 is 4.79 Å². The van der Waals surface area contributed by atoms with E-state index in [-0.39, 0.29) is 16.4 Å². The molecule has 6 nitrogen and oxygen atoms in total. The lowest BCUT2D eigenvalue weighted by Crippen LogP contribution is -2.21. The van der Waals surface area contributed by atoms with E-state index in [4.69, 9.17) is 41.0 Å². The summed E-state index contributed by atoms with van der Waals surface area (Å²) in [7, 11) is 1.77. The minimum atomic E-state index is -0.658. The van der Waals surface area contributed by atoms with Crippen LogP contribution in [0.15, 0.2) is 6.07 Å². The van der Waals surface area contributed by atoms with Gasteiger partial charge in [0.1, 0.15) is 10.7 Å². The minimum Gasteiger partial charge on any atom is -0.396 e. The fraction of sp³-hybridized carbons (Fsp3) is 0.0833. The highest BCUT2D eigenvalue weighted by molar-refractivity contribution is 7.81. The van der Waals surface area contributed by atoms with Crippen LogP contribution in [0.3, 0.4) is 0 Å². The summed E-state index contributed by atoms with van der Waals surface area (Å²) in [4.78, 5) is 17.8. The number of nitrogen functional groups attached to an aromatic ring is 2. The number of nitrogens with zero attached hydrogens (tertiary/aromatic N) is 2. The average Bonchev–Trinajstić information content (AvgIpc) is 2.67. The molecule has 102 valence electrons. The molecule has 0 atom stereocenters. The highest BCUT2D eigenvalue weighted by atomic mass is 35.5. The molecule has 6 N–H and O–H groups in total. The van der Waals surface area contributed by atoms with Crippen LogP contribution in [0.2, 0.25) is 5.02 Å². The Balaban J connectivity index is 2.58. The van der Waals surface area contributed by atoms with Crippen LogP contribution in [0.4, 0.5) is 17.1 Å². The maximum Gasteiger partial charge on any atom is 0.267 e. The van der Waals surface area contributed by atoms with Gasteiger partial charge >= 0.3 is 0 Å². The Morgan fingerprint density at radius 2 is 2.05 bits per heavy atom. The molecule has 1 amide bonds. The Hall–Kier alpha value is -2.12. The van der Waals surface area contributed by atoms with E-state index in [0.717, 1.165) is 0 Å². The van der Waals surface area contributed by atoms with Crippen LogP contribution in [0.25, 0.3) is 10.9 Å². The lowest BCUT2D eigenvalue weighted by molar-refractivity contribution is 0.0996. The van der Waals surface area contributed by atoms with Gasteiger partial charge in [-0.15, -0.1) is 0 Å². The second-order valence-corrected chi connectivity index (χ2v) is 5.26. The standard InChI is InChI=1S/C12H10ClN5OS/c1-18-10-5-3(12(18)20)2-4(11(16)19)17-9(5)7(14)6(13)8(10)15/h2H,14-15H2,1H3,(H2,16,19). The van der Waals surface area contributed by atoms with E-state index in [1.54, 1.807) is 18.0 Å². The summed E-state index contributed by atoms with van der Waals surface area (Å²) >= 11 is 11.5. The maximum absolute atomic E-state index is 11.4. The highest BCUT2D eigenvalue weighted by Gasteiger charge is 2.31. The molecule has 0 aliphatic carbocycles. The van der Waals surface area contributed by atoms with Crippen molar-refractivity contribution in [3.8, 4) is 0 Å². The zero-order chi connectivity index (χ0) is 14.8. The molecule has 0 saturated heterocycles. The number of nitrogens with two attached hydrogens (primary N) is 3. The number of hydrogen-bond donors (Lipinski definition) is 3. The largest absolute Gasteiger partial charge is 0.396 e. The van der Waals surface area contributed by atoms with E-state index in [9.17, 15) is 4.79 Å². The number of thiocarbonyl (C=S) groups is 1. The van der Waals surface area contributed by atoms with Gasteiger partial charge in [-0.3, -0.25) is 4.79 Å². The molecule has 0 saturated carbocycles. The van der Waals surface area contributed by atoms with Gasteiger partial charge in [0.15, 0.2) is 0 Å². The van der Waals surface area contributed by atoms with Crippen molar-refractivity contribution in [3.05, 3.63) is 22.3 Å². The van der Waals surface area contributed by atoms with Crippen molar-refractivity contribution >= 4 is 62.7 Å². The van der Waals surface area contributed by atoms with Gasteiger partial charge in [0.2, 0.25) is 0 Å². The van der Waals surface area contributed by atoms with Gasteiger partial charge in [-0.1, -0.05) is 23.8 Å². The van der Waals surface area contributed by atoms with E-state index < -0.39 is 5.91 Å². The molecule has 0 radical (unpaired) electrons. The maximum atomic E-state index is 11.4. The summed E-state index contributed by atoms with van der Waals surface area (Å²) < 4.78 is 0. The number of hydrogen-bond acceptors (Lipinski definition) is 5. The Kier molecular flexibility index (Phi) is 2.54. The molecule has 1 aliphatic heterocycles. The van der Waals surface area contributed by atoms with Crippen molar-refractivity contribution in [3.63, 3.8) is 0 Å². The fourth-order valence-corrected chi connectivity index (χ4v) is 2.82. The number of amides is 1. The number of halogens is 1. The predicted octanol–water partition coefficient (Wildman–Crippen LogP) is 1.28. The van der Waals surface area contributed by atoms with Crippen LogP contribution < -0.4 is 22.1 Å². The average molecular weight is 308 g/mol. The quantitative estimate of drug-likeness (QED) is 0.540. The van der Waals surface area contributed by atoms with Crippen molar-refractivity contribution in [2.75, 3.05) is 23.4 Å². The van der Waals surface area contributed by atoms with Crippen molar-refractivity contribution in [2.45, 2.75) is 0 Å². The number of anilines is 3. The lowest BCUT2D eigenvalue weighted by atomic mass is 10.1. The molecule has 0 spiro atoms. The van der Waals surface area contributed by atoms with Gasteiger partial charge in [-0.25, -0.2) is 4.98 Å². The third kappa shape index (κ3) is 1.41. The summed E-state index contributed by atoms with van der Waals surface area (Å²) in [6, 6.07) is 1.55. The summed E-state index contributed by atoms with van der Waals surface area (Å²) in [5.74, 6) is -0.658. The molecule has 1 aromatic carbocycles. The Morgan fingerprint density at radius 1 is 1.40 bits per heavy atom. The molecule has 0 fully saturated rings. The van der Waals surface area contributed by atoms with Crippen LogP contribution in [0.5, 0.6) is 0 Å². The summed E-state index contributed by atoms with van der Waals surface area (Å²) in [5.41, 5.74) is 19.6. The monoisotopic (exact) mass is 307 g/mol. The van der Waals surface area contributed by atoms with Crippen molar-refractivity contribution in [1.82, 2.24) is 4.98 Å². The fourth-order valence-electron chi connectivity index (χ4n) is 2.39. The van der Waals surface area contributed by atoms with E-state index in [0.29, 0.717) is 32.8 Å². The lowest BCUT2D eigenvalue weighted by Gasteiger charge is -2.16. The minimum absolute atomic E-state index is 0.0867. The Morgan fingerprint density at radius 3 is 2.65 bits per heavy atom. The third-order valence-electron chi connectivity index (χ3n) is 3.36. The number of carbonyl (C=O) groups is 1. The van der Waals surface area contributed by atoms with Crippen LogP contribution in [-0.4, -0.2) is 22.9 Å². The molecule has 1 aliphatic rings. The van der Waals surface area contributed by atoms with Crippen molar-refractivity contribution in [1.29, 1.82) is 0 Å². The number of aromatic nitrogens is 1. The van der Waals surface area contributed by atoms with Gasteiger partial charge in [0.05, 0.1) is 27.6 Å². The van der Waals surface area contributed by atoms with Gasteiger partial charge in [0, 0.05) is 18.0 Å². The molecular formula is C12H10ClN5OS. The van der Waals surface area contributed by atoms with E-state index in [2.05, 4.69) is 4.98 Å². The first-order valence-corrected chi connectivity index (χ1v) is 6.42. The first kappa shape index (κ1) is 12.9. The first-order valence-electron chi connectivity index (χ1n) is 5.63. The van der Waals surface area contributed by atoms with E-state index in [1.165, 1.54) is 0 Å². The molecule has 20 heavy (non-hydrogen) atoms. The second-order valence-electron chi connectivity index (χ2n) is 4.50. The number of primary amides is 1. The second kappa shape index (κ2) is 3.94. The zero-order valence-corrected chi connectivity index (χ0v) is 12.0. The molecular weight excluding hydrogens is 298 g/mol. The van der Waals surface area contributed by atoms with Crippen LogP contribution in [0, 0.1) is 0 Å². The van der Waals surface area contributed by atoms with E-state index in [1.807, 2.05) is 0 Å². The van der Waals surface area contributed by atoms with Gasteiger partial charge < -0.3 is 22.1 Å². The molecule has 3 rings (SSSR count). The van der Waals surface area contributed by atoms with Gasteiger partial charge in [-0.05, 0) is 6.07 Å². The predicted molar refractivity (Wildman–Crippen MR) is 84.2 cm³/mol. The smallest absolute Gasteiger partial charge is 0.267 e. The zero-order valence-electron chi connectivity index (χ0n) is 10.4. The van der Waals surface area contributed by atoms with Crippen LogP contribution in [-0.2, 0) is 0 Å². The molecule has 1 aromatic heterocycles. The third-order valence-corrected chi connectivity index (χ3v) is 4.26. The molecule has 8 heteroatoms. The number of carbonyl (C=O) groups excluding carboxylic acids is 1. The molecule has 0 unspecified atom stereocenters. The van der Waals surface area contributed by atoms with Crippen LogP contribution >= 0.6 is 23.8 Å². The van der Waals surface area contributed by atoms with Crippen molar-refractivity contribution in [2.24, 2.45) is 5.73 Å². The SMILES string of the molecule is CN1C(=S)c2cc(C(N)=O)nc3c(N)c(Cl)c(N)c1c23. The topological polar surface area (TPSA) is 111 Å². The first-order chi connectivity index (χ1) is 9.34. The normalized spacial score (nSPS) is 13.3. The molecule has 2 heterocycles. The number of benzene rings is 1. The number of rotatable bonds is 1. The summed E-state index contributed by atoms with van der Waals surface area (Å²) in [6.45, 7) is 0. The molecule has 2 aromatic rings. The van der Waals surface area contributed by atoms with Gasteiger partial charge in [0.25, 0.3) is 5.91 Å². The Labute approximate surface area is 124 Å². The summed E-state index contributed by atoms with van der Waals surface area (Å²) in [6.07, 6.45) is 0. The highest BCUT2D eigenvalue weighted by Crippen LogP contribution is 2.47. The van der Waals surface area contributed by atoms with E-state index >= 15 is 0 Å². The molecule has 0 bridgehead atoms. The summed E-state index contributed by atoms with van der Waals surface area (Å²) in [5, 5.41) is 0.894. The van der Waals surface area contributed by atoms with Crippen LogP contribution in [0.1, 0.15) is 16.1 Å². The van der Waals surface area contributed by atoms with Gasteiger partial charge in [-0.2, -0.15) is 0 Å². The Bertz CT molecular complexity index is 820. The number of pyridine rings is 1.